The first kappa shape index (κ1) is 34.1. The first-order chi connectivity index (χ1) is 21.5. The summed E-state index contributed by atoms with van der Waals surface area (Å²) in [5, 5.41) is 18.6. The highest BCUT2D eigenvalue weighted by Gasteiger charge is 2.31. The van der Waals surface area contributed by atoms with Crippen molar-refractivity contribution in [2.24, 2.45) is 0 Å². The molecule has 0 radical (unpaired) electrons. The molecule has 46 heavy (non-hydrogen) atoms. The van der Waals surface area contributed by atoms with E-state index in [1.165, 1.54) is 23.7 Å². The van der Waals surface area contributed by atoms with Crippen molar-refractivity contribution in [3.63, 3.8) is 0 Å². The van der Waals surface area contributed by atoms with E-state index in [0.717, 1.165) is 41.5 Å². The number of ether oxygens (including phenoxy) is 1. The van der Waals surface area contributed by atoms with E-state index < -0.39 is 49.2 Å². The van der Waals surface area contributed by atoms with Gasteiger partial charge in [-0.1, -0.05) is 31.2 Å². The molecule has 0 fully saturated rings. The third-order valence-electron chi connectivity index (χ3n) is 7.40. The molecule has 0 aliphatic rings. The lowest BCUT2D eigenvalue weighted by Gasteiger charge is -2.17. The second-order valence-corrected chi connectivity index (χ2v) is 12.4. The van der Waals surface area contributed by atoms with Gasteiger partial charge in [0.15, 0.2) is 5.69 Å². The number of amides is 1. The predicted molar refractivity (Wildman–Crippen MR) is 164 cm³/mol. The molecule has 11 nitrogen and oxygen atoms in total. The number of nitro benzene ring substituents is 1. The summed E-state index contributed by atoms with van der Waals surface area (Å²) < 4.78 is 76.3. The zero-order valence-corrected chi connectivity index (χ0v) is 26.4. The lowest BCUT2D eigenvalue weighted by molar-refractivity contribution is -0.385. The highest BCUT2D eigenvalue weighted by Crippen LogP contribution is 2.37. The third kappa shape index (κ3) is 7.37. The van der Waals surface area contributed by atoms with Crippen LogP contribution in [0.1, 0.15) is 58.6 Å². The van der Waals surface area contributed by atoms with Gasteiger partial charge in [-0.25, -0.2) is 13.1 Å². The standard InChI is InChI=1S/C31H32F3N5O6S/c1-6-19(3)37-46(43,44)27-16-24(39(41)42)13-14-26(27)45-30-21(5)28(36-38(30)25-12-7-9-18(2)20(25)4)29(40)35-17-22-10-8-11-23(15-22)31(32,33)34/h7-16,19,37H,6,17H2,1-5H3,(H,35,40)/t19-/m1/s1. The lowest BCUT2D eigenvalue weighted by Crippen LogP contribution is -2.32. The monoisotopic (exact) mass is 659 g/mol. The molecule has 3 aromatic carbocycles. The fourth-order valence-electron chi connectivity index (χ4n) is 4.49. The van der Waals surface area contributed by atoms with Gasteiger partial charge in [0.2, 0.25) is 15.9 Å². The van der Waals surface area contributed by atoms with E-state index >= 15 is 0 Å². The number of nitrogens with one attached hydrogen (secondary N) is 2. The van der Waals surface area contributed by atoms with Crippen molar-refractivity contribution in [1.82, 2.24) is 19.8 Å². The minimum Gasteiger partial charge on any atom is -0.437 e. The number of halogens is 3. The first-order valence-corrected chi connectivity index (χ1v) is 15.6. The van der Waals surface area contributed by atoms with Crippen LogP contribution in [-0.4, -0.2) is 35.1 Å². The van der Waals surface area contributed by atoms with Crippen molar-refractivity contribution >= 4 is 21.6 Å². The van der Waals surface area contributed by atoms with E-state index in [4.69, 9.17) is 4.74 Å². The molecular formula is C31H32F3N5O6S. The average molecular weight is 660 g/mol. The Hall–Kier alpha value is -4.76. The number of hydrogen-bond acceptors (Lipinski definition) is 7. The Labute approximate surface area is 263 Å². The van der Waals surface area contributed by atoms with Crippen LogP contribution in [0.5, 0.6) is 11.6 Å². The fourth-order valence-corrected chi connectivity index (χ4v) is 5.96. The third-order valence-corrected chi connectivity index (χ3v) is 9.01. The van der Waals surface area contributed by atoms with Crippen molar-refractivity contribution in [3.05, 3.63) is 104 Å². The number of nitrogens with zero attached hydrogens (tertiary/aromatic N) is 3. The average Bonchev–Trinajstić information content (AvgIpc) is 3.32. The fraction of sp³-hybridized carbons (Fsp3) is 0.290. The molecule has 1 aromatic heterocycles. The molecule has 0 saturated carbocycles. The Morgan fingerprint density at radius 1 is 1.07 bits per heavy atom. The molecule has 244 valence electrons. The number of carbonyl (C=O) groups is 1. The molecule has 0 saturated heterocycles. The molecule has 1 heterocycles. The van der Waals surface area contributed by atoms with E-state index in [1.54, 1.807) is 26.0 Å². The van der Waals surface area contributed by atoms with Crippen LogP contribution in [0.2, 0.25) is 0 Å². The van der Waals surface area contributed by atoms with Crippen LogP contribution in [0.4, 0.5) is 18.9 Å². The van der Waals surface area contributed by atoms with Crippen LogP contribution < -0.4 is 14.8 Å². The van der Waals surface area contributed by atoms with Crippen LogP contribution in [0.25, 0.3) is 5.69 Å². The topological polar surface area (TPSA) is 145 Å². The van der Waals surface area contributed by atoms with Crippen molar-refractivity contribution < 1.29 is 36.0 Å². The van der Waals surface area contributed by atoms with E-state index in [2.05, 4.69) is 15.1 Å². The molecule has 4 rings (SSSR count). The van der Waals surface area contributed by atoms with Crippen molar-refractivity contribution in [3.8, 4) is 17.3 Å². The first-order valence-electron chi connectivity index (χ1n) is 14.1. The SMILES string of the molecule is CC[C@@H](C)NS(=O)(=O)c1cc([N+](=O)[O-])ccc1Oc1c(C)c(C(=O)NCc2cccc(C(F)(F)F)c2)nn1-c1cccc(C)c1C. The summed E-state index contributed by atoms with van der Waals surface area (Å²) in [4.78, 5) is 23.7. The van der Waals surface area contributed by atoms with Gasteiger partial charge in [0.1, 0.15) is 10.6 Å². The van der Waals surface area contributed by atoms with Crippen LogP contribution in [0, 0.1) is 30.9 Å². The van der Waals surface area contributed by atoms with Gasteiger partial charge in [-0.15, -0.1) is 0 Å². The normalized spacial score (nSPS) is 12.5. The smallest absolute Gasteiger partial charge is 0.416 e. The van der Waals surface area contributed by atoms with Gasteiger partial charge in [-0.3, -0.25) is 14.9 Å². The summed E-state index contributed by atoms with van der Waals surface area (Å²) in [5.41, 5.74) is 1.06. The molecule has 0 aliphatic carbocycles. The summed E-state index contributed by atoms with van der Waals surface area (Å²) in [6.45, 7) is 8.36. The second kappa shape index (κ2) is 13.3. The Balaban J connectivity index is 1.81. The van der Waals surface area contributed by atoms with E-state index in [0.29, 0.717) is 12.1 Å². The Morgan fingerprint density at radius 3 is 2.41 bits per heavy atom. The van der Waals surface area contributed by atoms with Gasteiger partial charge in [0.25, 0.3) is 11.6 Å². The Bertz CT molecular complexity index is 1910. The van der Waals surface area contributed by atoms with Crippen molar-refractivity contribution in [2.45, 2.75) is 64.7 Å². The molecular weight excluding hydrogens is 627 g/mol. The number of sulfonamides is 1. The minimum absolute atomic E-state index is 0.0493. The number of nitro groups is 1. The van der Waals surface area contributed by atoms with E-state index in [1.807, 2.05) is 19.9 Å². The molecule has 1 atom stereocenters. The van der Waals surface area contributed by atoms with Gasteiger partial charge in [-0.05, 0) is 75.1 Å². The number of benzene rings is 3. The van der Waals surface area contributed by atoms with Crippen molar-refractivity contribution in [2.75, 3.05) is 0 Å². The molecule has 1 amide bonds. The quantitative estimate of drug-likeness (QED) is 0.138. The largest absolute Gasteiger partial charge is 0.437 e. The highest BCUT2D eigenvalue weighted by molar-refractivity contribution is 7.89. The highest BCUT2D eigenvalue weighted by atomic mass is 32.2. The number of alkyl halides is 3. The zero-order chi connectivity index (χ0) is 34.0. The van der Waals surface area contributed by atoms with Gasteiger partial charge >= 0.3 is 6.18 Å². The van der Waals surface area contributed by atoms with Gasteiger partial charge in [0.05, 0.1) is 16.2 Å². The maximum absolute atomic E-state index is 13.4. The Morgan fingerprint density at radius 2 is 1.76 bits per heavy atom. The second-order valence-electron chi connectivity index (χ2n) is 10.7. The van der Waals surface area contributed by atoms with E-state index in [9.17, 15) is 36.5 Å². The van der Waals surface area contributed by atoms with Crippen LogP contribution in [-0.2, 0) is 22.7 Å². The number of carbonyl (C=O) groups excluding carboxylic acids is 1. The molecule has 0 aliphatic heterocycles. The summed E-state index contributed by atoms with van der Waals surface area (Å²) in [7, 11) is -4.31. The van der Waals surface area contributed by atoms with Gasteiger partial charge in [-0.2, -0.15) is 23.0 Å². The lowest BCUT2D eigenvalue weighted by atomic mass is 10.1. The maximum atomic E-state index is 13.4. The molecule has 0 spiro atoms. The number of hydrogen-bond donors (Lipinski definition) is 2. The number of aryl methyl sites for hydroxylation is 1. The maximum Gasteiger partial charge on any atom is 0.416 e. The molecule has 0 bridgehead atoms. The summed E-state index contributed by atoms with van der Waals surface area (Å²) >= 11 is 0. The Kier molecular flexibility index (Phi) is 9.87. The predicted octanol–water partition coefficient (Wildman–Crippen LogP) is 6.52. The number of rotatable bonds is 11. The zero-order valence-electron chi connectivity index (χ0n) is 25.6. The van der Waals surface area contributed by atoms with Gasteiger partial charge < -0.3 is 10.1 Å². The number of aromatic nitrogens is 2. The van der Waals surface area contributed by atoms with Crippen LogP contribution >= 0.6 is 0 Å². The minimum atomic E-state index is -4.55. The van der Waals surface area contributed by atoms with Gasteiger partial charge in [0, 0.05) is 30.3 Å². The van der Waals surface area contributed by atoms with Crippen molar-refractivity contribution in [1.29, 1.82) is 0 Å². The molecule has 0 unspecified atom stereocenters. The van der Waals surface area contributed by atoms with E-state index in [-0.39, 0.29) is 35.0 Å². The van der Waals surface area contributed by atoms with Crippen LogP contribution in [0.3, 0.4) is 0 Å². The molecule has 4 aromatic rings. The van der Waals surface area contributed by atoms with Crippen LogP contribution in [0.15, 0.2) is 65.6 Å². The number of non-ortho nitro benzene ring substituents is 1. The summed E-state index contributed by atoms with van der Waals surface area (Å²) in [6.07, 6.45) is -4.11. The molecule has 15 heteroatoms. The summed E-state index contributed by atoms with van der Waals surface area (Å²) in [6, 6.07) is 12.5. The summed E-state index contributed by atoms with van der Waals surface area (Å²) in [5.74, 6) is -1.03. The molecule has 2 N–H and O–H groups in total.